The molecule has 1 aliphatic rings. The molecule has 0 radical (unpaired) electrons. The molecule has 0 aliphatic carbocycles. The molecular formula is C15H16BrN3O2. The van der Waals surface area contributed by atoms with Gasteiger partial charge in [-0.2, -0.15) is 0 Å². The molecule has 0 bridgehead atoms. The summed E-state index contributed by atoms with van der Waals surface area (Å²) in [5.41, 5.74) is 1.07. The quantitative estimate of drug-likeness (QED) is 0.841. The number of halogens is 1. The highest BCUT2D eigenvalue weighted by Crippen LogP contribution is 2.31. The number of imidazole rings is 1. The van der Waals surface area contributed by atoms with Crippen LogP contribution >= 0.6 is 15.9 Å². The van der Waals surface area contributed by atoms with Crippen molar-refractivity contribution in [2.45, 2.75) is 25.5 Å². The third-order valence-electron chi connectivity index (χ3n) is 3.44. The number of aryl methyl sites for hydroxylation is 1. The van der Waals surface area contributed by atoms with Crippen LogP contribution in [0.4, 0.5) is 0 Å². The molecule has 1 atom stereocenters. The first-order valence-electron chi connectivity index (χ1n) is 6.91. The van der Waals surface area contributed by atoms with Gasteiger partial charge in [-0.1, -0.05) is 15.9 Å². The van der Waals surface area contributed by atoms with E-state index in [1.165, 1.54) is 0 Å². The fourth-order valence-electron chi connectivity index (χ4n) is 2.37. The van der Waals surface area contributed by atoms with E-state index in [0.29, 0.717) is 13.0 Å². The molecule has 0 spiro atoms. The van der Waals surface area contributed by atoms with Crippen LogP contribution in [0.5, 0.6) is 5.75 Å². The van der Waals surface area contributed by atoms with Gasteiger partial charge in [0.2, 0.25) is 0 Å². The Labute approximate surface area is 131 Å². The van der Waals surface area contributed by atoms with Crippen molar-refractivity contribution in [2.75, 3.05) is 6.54 Å². The van der Waals surface area contributed by atoms with Crippen molar-refractivity contribution >= 4 is 21.8 Å². The van der Waals surface area contributed by atoms with Gasteiger partial charge >= 0.3 is 0 Å². The van der Waals surface area contributed by atoms with E-state index in [4.69, 9.17) is 4.74 Å². The Morgan fingerprint density at radius 3 is 3.24 bits per heavy atom. The molecule has 3 rings (SSSR count). The largest absolute Gasteiger partial charge is 0.480 e. The van der Waals surface area contributed by atoms with Crippen molar-refractivity contribution in [3.05, 3.63) is 47.0 Å². The van der Waals surface area contributed by atoms with Crippen LogP contribution in [-0.2, 0) is 17.8 Å². The lowest BCUT2D eigenvalue weighted by atomic mass is 10.1. The van der Waals surface area contributed by atoms with Crippen molar-refractivity contribution in [2.24, 2.45) is 0 Å². The summed E-state index contributed by atoms with van der Waals surface area (Å²) in [6.07, 6.45) is 6.52. The molecule has 1 amide bonds. The molecule has 0 fully saturated rings. The molecular weight excluding hydrogens is 334 g/mol. The Kier molecular flexibility index (Phi) is 4.24. The highest BCUT2D eigenvalue weighted by Gasteiger charge is 2.28. The fourth-order valence-corrected chi connectivity index (χ4v) is 2.78. The van der Waals surface area contributed by atoms with Gasteiger partial charge in [-0.3, -0.25) is 4.79 Å². The molecule has 21 heavy (non-hydrogen) atoms. The predicted molar refractivity (Wildman–Crippen MR) is 82.1 cm³/mol. The van der Waals surface area contributed by atoms with Crippen LogP contribution in [-0.4, -0.2) is 28.1 Å². The zero-order valence-electron chi connectivity index (χ0n) is 11.5. The van der Waals surface area contributed by atoms with Crippen molar-refractivity contribution in [3.63, 3.8) is 0 Å². The van der Waals surface area contributed by atoms with Crippen LogP contribution in [0.3, 0.4) is 0 Å². The average molecular weight is 350 g/mol. The molecule has 110 valence electrons. The molecule has 2 heterocycles. The number of amides is 1. The third kappa shape index (κ3) is 3.44. The molecule has 1 aromatic carbocycles. The lowest BCUT2D eigenvalue weighted by molar-refractivity contribution is -0.127. The highest BCUT2D eigenvalue weighted by molar-refractivity contribution is 9.10. The van der Waals surface area contributed by atoms with Gasteiger partial charge in [0, 0.05) is 36.4 Å². The van der Waals surface area contributed by atoms with E-state index in [9.17, 15) is 4.79 Å². The van der Waals surface area contributed by atoms with Gasteiger partial charge in [-0.15, -0.1) is 0 Å². The molecule has 1 unspecified atom stereocenters. The standard InChI is InChI=1S/C15H16BrN3O2/c16-12-2-3-13-11(8-12)9-14(21-13)15(20)18-4-1-6-19-7-5-17-10-19/h2-3,5,7-8,10,14H,1,4,6,9H2,(H,18,20). The minimum Gasteiger partial charge on any atom is -0.480 e. The first kappa shape index (κ1) is 14.1. The number of hydrogen-bond donors (Lipinski definition) is 1. The maximum Gasteiger partial charge on any atom is 0.261 e. The summed E-state index contributed by atoms with van der Waals surface area (Å²) in [6, 6.07) is 5.82. The van der Waals surface area contributed by atoms with E-state index >= 15 is 0 Å². The molecule has 5 nitrogen and oxygen atoms in total. The van der Waals surface area contributed by atoms with Crippen LogP contribution in [0.25, 0.3) is 0 Å². The topological polar surface area (TPSA) is 56.2 Å². The SMILES string of the molecule is O=C(NCCCn1ccnc1)C1Cc2cc(Br)ccc2O1. The Balaban J connectivity index is 1.45. The molecule has 1 aliphatic heterocycles. The van der Waals surface area contributed by atoms with Crippen LogP contribution in [0.2, 0.25) is 0 Å². The van der Waals surface area contributed by atoms with Gasteiger partial charge in [0.25, 0.3) is 5.91 Å². The number of rotatable bonds is 5. The summed E-state index contributed by atoms with van der Waals surface area (Å²) in [5, 5.41) is 2.93. The van der Waals surface area contributed by atoms with Gasteiger partial charge < -0.3 is 14.6 Å². The van der Waals surface area contributed by atoms with Crippen LogP contribution in [0, 0.1) is 0 Å². The summed E-state index contributed by atoms with van der Waals surface area (Å²) >= 11 is 3.43. The second-order valence-corrected chi connectivity index (χ2v) is 5.92. The van der Waals surface area contributed by atoms with E-state index in [0.717, 1.165) is 28.8 Å². The first-order valence-corrected chi connectivity index (χ1v) is 7.70. The second kappa shape index (κ2) is 6.30. The Bertz CT molecular complexity index is 628. The molecule has 6 heteroatoms. The number of hydrogen-bond acceptors (Lipinski definition) is 3. The van der Waals surface area contributed by atoms with E-state index < -0.39 is 6.10 Å². The number of nitrogens with one attached hydrogen (secondary N) is 1. The van der Waals surface area contributed by atoms with E-state index in [1.54, 1.807) is 12.5 Å². The highest BCUT2D eigenvalue weighted by atomic mass is 79.9. The third-order valence-corrected chi connectivity index (χ3v) is 3.93. The zero-order chi connectivity index (χ0) is 14.7. The predicted octanol–water partition coefficient (Wildman–Crippen LogP) is 2.16. The van der Waals surface area contributed by atoms with Crippen LogP contribution in [0.1, 0.15) is 12.0 Å². The molecule has 1 N–H and O–H groups in total. The van der Waals surface area contributed by atoms with E-state index in [-0.39, 0.29) is 5.91 Å². The molecule has 0 saturated heterocycles. The van der Waals surface area contributed by atoms with Crippen molar-refractivity contribution in [1.82, 2.24) is 14.9 Å². The minimum absolute atomic E-state index is 0.0482. The number of aromatic nitrogens is 2. The Morgan fingerprint density at radius 1 is 1.52 bits per heavy atom. The van der Waals surface area contributed by atoms with Crippen molar-refractivity contribution < 1.29 is 9.53 Å². The number of benzene rings is 1. The van der Waals surface area contributed by atoms with Gasteiger partial charge in [0.15, 0.2) is 6.10 Å². The fraction of sp³-hybridized carbons (Fsp3) is 0.333. The normalized spacial score (nSPS) is 16.3. The van der Waals surface area contributed by atoms with Gasteiger partial charge in [-0.25, -0.2) is 4.98 Å². The zero-order valence-corrected chi connectivity index (χ0v) is 13.0. The number of nitrogens with zero attached hydrogens (tertiary/aromatic N) is 2. The minimum atomic E-state index is -0.414. The summed E-state index contributed by atoms with van der Waals surface area (Å²) in [4.78, 5) is 16.1. The maximum absolute atomic E-state index is 12.1. The smallest absolute Gasteiger partial charge is 0.261 e. The van der Waals surface area contributed by atoms with Crippen LogP contribution in [0.15, 0.2) is 41.4 Å². The van der Waals surface area contributed by atoms with Crippen molar-refractivity contribution in [3.8, 4) is 5.75 Å². The summed E-state index contributed by atoms with van der Waals surface area (Å²) in [6.45, 7) is 1.48. The average Bonchev–Trinajstić information content (AvgIpc) is 3.11. The number of carbonyl (C=O) groups is 1. The van der Waals surface area contributed by atoms with Crippen molar-refractivity contribution in [1.29, 1.82) is 0 Å². The Morgan fingerprint density at radius 2 is 2.43 bits per heavy atom. The summed E-state index contributed by atoms with van der Waals surface area (Å²) in [5.74, 6) is 0.754. The number of ether oxygens (including phenoxy) is 1. The van der Waals surface area contributed by atoms with E-state index in [2.05, 4.69) is 26.2 Å². The lowest BCUT2D eigenvalue weighted by Gasteiger charge is -2.11. The maximum atomic E-state index is 12.1. The molecule has 0 saturated carbocycles. The summed E-state index contributed by atoms with van der Waals surface area (Å²) < 4.78 is 8.68. The second-order valence-electron chi connectivity index (χ2n) is 5.01. The monoisotopic (exact) mass is 349 g/mol. The first-order chi connectivity index (χ1) is 10.2. The lowest BCUT2D eigenvalue weighted by Crippen LogP contribution is -2.38. The Hall–Kier alpha value is -1.82. The number of fused-ring (bicyclic) bond motifs is 1. The van der Waals surface area contributed by atoms with Gasteiger partial charge in [0.05, 0.1) is 6.33 Å². The van der Waals surface area contributed by atoms with Gasteiger partial charge in [-0.05, 0) is 30.2 Å². The summed E-state index contributed by atoms with van der Waals surface area (Å²) in [7, 11) is 0. The molecule has 2 aromatic rings. The van der Waals surface area contributed by atoms with E-state index in [1.807, 2.05) is 29.0 Å². The van der Waals surface area contributed by atoms with Crippen LogP contribution < -0.4 is 10.1 Å². The van der Waals surface area contributed by atoms with Gasteiger partial charge in [0.1, 0.15) is 5.75 Å². The molecule has 1 aromatic heterocycles. The number of carbonyl (C=O) groups excluding carboxylic acids is 1.